The highest BCUT2D eigenvalue weighted by Crippen LogP contribution is 2.00. The van der Waals surface area contributed by atoms with Gasteiger partial charge in [-0.3, -0.25) is 4.98 Å². The lowest BCUT2D eigenvalue weighted by molar-refractivity contribution is 0.593. The van der Waals surface area contributed by atoms with Crippen LogP contribution in [0.25, 0.3) is 0 Å². The van der Waals surface area contributed by atoms with Crippen molar-refractivity contribution in [1.29, 1.82) is 0 Å². The first-order valence-electron chi connectivity index (χ1n) is 4.74. The standard InChI is InChI=1S/C10H15NO2S/c1-2-8-14(12,13)9-6-10-5-3-4-7-11-10/h3-5,7H,2,6,8-9H2,1H3. The van der Waals surface area contributed by atoms with E-state index in [2.05, 4.69) is 4.98 Å². The fourth-order valence-electron chi connectivity index (χ4n) is 1.22. The van der Waals surface area contributed by atoms with Crippen molar-refractivity contribution in [3.8, 4) is 0 Å². The lowest BCUT2D eigenvalue weighted by Gasteiger charge is -2.01. The Morgan fingerprint density at radius 1 is 1.29 bits per heavy atom. The van der Waals surface area contributed by atoms with Gasteiger partial charge >= 0.3 is 0 Å². The lowest BCUT2D eigenvalue weighted by atomic mass is 10.3. The summed E-state index contributed by atoms with van der Waals surface area (Å²) in [7, 11) is -2.87. The summed E-state index contributed by atoms with van der Waals surface area (Å²) in [5.74, 6) is 0.484. The molecule has 0 N–H and O–H groups in total. The number of hydrogen-bond acceptors (Lipinski definition) is 3. The molecule has 1 rings (SSSR count). The van der Waals surface area contributed by atoms with Crippen LogP contribution >= 0.6 is 0 Å². The van der Waals surface area contributed by atoms with E-state index in [4.69, 9.17) is 0 Å². The predicted molar refractivity (Wildman–Crippen MR) is 56.9 cm³/mol. The van der Waals surface area contributed by atoms with E-state index in [9.17, 15) is 8.42 Å². The Morgan fingerprint density at radius 2 is 2.07 bits per heavy atom. The normalized spacial score (nSPS) is 11.5. The molecule has 3 nitrogen and oxygen atoms in total. The average Bonchev–Trinajstić information content (AvgIpc) is 2.17. The van der Waals surface area contributed by atoms with Gasteiger partial charge in [0.25, 0.3) is 0 Å². The van der Waals surface area contributed by atoms with E-state index in [0.29, 0.717) is 12.8 Å². The minimum absolute atomic E-state index is 0.206. The lowest BCUT2D eigenvalue weighted by Crippen LogP contribution is -2.12. The van der Waals surface area contributed by atoms with Crippen molar-refractivity contribution < 1.29 is 8.42 Å². The molecule has 0 aliphatic rings. The van der Waals surface area contributed by atoms with Crippen LogP contribution in [-0.2, 0) is 16.3 Å². The van der Waals surface area contributed by atoms with Gasteiger partial charge in [0.2, 0.25) is 0 Å². The topological polar surface area (TPSA) is 47.0 Å². The number of sulfone groups is 1. The minimum Gasteiger partial charge on any atom is -0.261 e. The highest BCUT2D eigenvalue weighted by molar-refractivity contribution is 7.91. The van der Waals surface area contributed by atoms with E-state index in [0.717, 1.165) is 5.69 Å². The second-order valence-corrected chi connectivity index (χ2v) is 5.53. The summed E-state index contributed by atoms with van der Waals surface area (Å²) in [4.78, 5) is 4.08. The van der Waals surface area contributed by atoms with Crippen LogP contribution in [0, 0.1) is 0 Å². The van der Waals surface area contributed by atoms with E-state index in [1.54, 1.807) is 6.20 Å². The van der Waals surface area contributed by atoms with Crippen LogP contribution in [0.2, 0.25) is 0 Å². The molecule has 0 radical (unpaired) electrons. The van der Waals surface area contributed by atoms with Crippen LogP contribution in [0.1, 0.15) is 19.0 Å². The maximum Gasteiger partial charge on any atom is 0.150 e. The van der Waals surface area contributed by atoms with Gasteiger partial charge in [-0.15, -0.1) is 0 Å². The van der Waals surface area contributed by atoms with Crippen molar-refractivity contribution in [2.45, 2.75) is 19.8 Å². The zero-order valence-electron chi connectivity index (χ0n) is 8.31. The molecule has 0 amide bonds. The molecule has 0 unspecified atom stereocenters. The van der Waals surface area contributed by atoms with Crippen LogP contribution in [0.4, 0.5) is 0 Å². The number of nitrogens with zero attached hydrogens (tertiary/aromatic N) is 1. The molecule has 0 saturated heterocycles. The minimum atomic E-state index is -2.87. The summed E-state index contributed by atoms with van der Waals surface area (Å²) < 4.78 is 22.8. The quantitative estimate of drug-likeness (QED) is 0.743. The SMILES string of the molecule is CCCS(=O)(=O)CCc1ccccn1. The van der Waals surface area contributed by atoms with Crippen molar-refractivity contribution >= 4 is 9.84 Å². The number of aryl methyl sites for hydroxylation is 1. The van der Waals surface area contributed by atoms with Crippen molar-refractivity contribution in [3.05, 3.63) is 30.1 Å². The fraction of sp³-hybridized carbons (Fsp3) is 0.500. The molecule has 0 fully saturated rings. The van der Waals surface area contributed by atoms with Gasteiger partial charge in [-0.25, -0.2) is 8.42 Å². The highest BCUT2D eigenvalue weighted by Gasteiger charge is 2.09. The molecule has 4 heteroatoms. The average molecular weight is 213 g/mol. The number of pyridine rings is 1. The van der Waals surface area contributed by atoms with Gasteiger partial charge in [0.1, 0.15) is 0 Å². The molecular weight excluding hydrogens is 198 g/mol. The van der Waals surface area contributed by atoms with Crippen molar-refractivity contribution in [2.75, 3.05) is 11.5 Å². The van der Waals surface area contributed by atoms with Crippen LogP contribution in [-0.4, -0.2) is 24.9 Å². The van der Waals surface area contributed by atoms with Crippen LogP contribution in [0.3, 0.4) is 0 Å². The van der Waals surface area contributed by atoms with E-state index in [-0.39, 0.29) is 11.5 Å². The van der Waals surface area contributed by atoms with Gasteiger partial charge in [-0.2, -0.15) is 0 Å². The van der Waals surface area contributed by atoms with E-state index in [1.165, 1.54) is 0 Å². The Balaban J connectivity index is 2.49. The van der Waals surface area contributed by atoms with Gasteiger partial charge in [-0.1, -0.05) is 13.0 Å². The second kappa shape index (κ2) is 5.10. The smallest absolute Gasteiger partial charge is 0.150 e. The Labute approximate surface area is 85.1 Å². The zero-order chi connectivity index (χ0) is 10.4. The molecule has 1 aromatic heterocycles. The molecule has 78 valence electrons. The maximum atomic E-state index is 11.4. The Morgan fingerprint density at radius 3 is 2.64 bits per heavy atom. The molecule has 1 aromatic rings. The molecular formula is C10H15NO2S. The molecule has 0 atom stereocenters. The first-order valence-corrected chi connectivity index (χ1v) is 6.56. The monoisotopic (exact) mass is 213 g/mol. The predicted octanol–water partition coefficient (Wildman–Crippen LogP) is 1.45. The second-order valence-electron chi connectivity index (χ2n) is 3.22. The van der Waals surface area contributed by atoms with Gasteiger partial charge in [0.15, 0.2) is 9.84 Å². The Bertz CT molecular complexity index is 359. The fourth-order valence-corrected chi connectivity index (χ4v) is 2.57. The van der Waals surface area contributed by atoms with Gasteiger partial charge < -0.3 is 0 Å². The molecule has 1 heterocycles. The van der Waals surface area contributed by atoms with Crippen LogP contribution in [0.5, 0.6) is 0 Å². The third kappa shape index (κ3) is 3.87. The highest BCUT2D eigenvalue weighted by atomic mass is 32.2. The first kappa shape index (κ1) is 11.2. The number of rotatable bonds is 5. The number of aromatic nitrogens is 1. The maximum absolute atomic E-state index is 11.4. The summed E-state index contributed by atoms with van der Waals surface area (Å²) in [5.41, 5.74) is 0.840. The van der Waals surface area contributed by atoms with Crippen LogP contribution < -0.4 is 0 Å². The summed E-state index contributed by atoms with van der Waals surface area (Å²) >= 11 is 0. The van der Waals surface area contributed by atoms with Gasteiger partial charge in [0, 0.05) is 24.1 Å². The van der Waals surface area contributed by atoms with Crippen molar-refractivity contribution in [2.24, 2.45) is 0 Å². The van der Waals surface area contributed by atoms with Crippen LogP contribution in [0.15, 0.2) is 24.4 Å². The first-order chi connectivity index (χ1) is 6.64. The Hall–Kier alpha value is -0.900. The molecule has 0 bridgehead atoms. The third-order valence-corrected chi connectivity index (χ3v) is 3.77. The summed E-state index contributed by atoms with van der Waals surface area (Å²) in [6, 6.07) is 5.54. The largest absolute Gasteiger partial charge is 0.261 e. The summed E-state index contributed by atoms with van der Waals surface area (Å²) in [6.45, 7) is 1.87. The third-order valence-electron chi connectivity index (χ3n) is 1.91. The van der Waals surface area contributed by atoms with Gasteiger partial charge in [0.05, 0.1) is 5.75 Å². The van der Waals surface area contributed by atoms with Crippen molar-refractivity contribution in [1.82, 2.24) is 4.98 Å². The number of hydrogen-bond donors (Lipinski definition) is 0. The Kier molecular flexibility index (Phi) is 4.07. The molecule has 14 heavy (non-hydrogen) atoms. The molecule has 0 aliphatic heterocycles. The van der Waals surface area contributed by atoms with E-state index < -0.39 is 9.84 Å². The summed E-state index contributed by atoms with van der Waals surface area (Å²) in [5, 5.41) is 0. The molecule has 0 spiro atoms. The van der Waals surface area contributed by atoms with Gasteiger partial charge in [-0.05, 0) is 18.6 Å². The molecule has 0 aromatic carbocycles. The summed E-state index contributed by atoms with van der Waals surface area (Å²) in [6.07, 6.45) is 2.88. The molecule has 0 saturated carbocycles. The van der Waals surface area contributed by atoms with E-state index >= 15 is 0 Å². The zero-order valence-corrected chi connectivity index (χ0v) is 9.13. The van der Waals surface area contributed by atoms with E-state index in [1.807, 2.05) is 25.1 Å². The van der Waals surface area contributed by atoms with Crippen molar-refractivity contribution in [3.63, 3.8) is 0 Å². The molecule has 0 aliphatic carbocycles.